The summed E-state index contributed by atoms with van der Waals surface area (Å²) in [6.07, 6.45) is 1.72. The third kappa shape index (κ3) is 3.69. The van der Waals surface area contributed by atoms with Crippen molar-refractivity contribution in [2.45, 2.75) is 12.8 Å². The van der Waals surface area contributed by atoms with Gasteiger partial charge in [-0.1, -0.05) is 0 Å². The van der Waals surface area contributed by atoms with E-state index in [1.807, 2.05) is 0 Å². The molecule has 0 spiro atoms. The number of rotatable bonds is 2. The maximum Gasteiger partial charge on any atom is 0.265 e. The SMILES string of the molecule is O=S(=O)(O)CC1CCCOC1. The first-order chi connectivity index (χ1) is 5.08. The van der Waals surface area contributed by atoms with Gasteiger partial charge in [0.15, 0.2) is 0 Å². The first-order valence-electron chi connectivity index (χ1n) is 3.61. The Balaban J connectivity index is 2.36. The van der Waals surface area contributed by atoms with Crippen molar-refractivity contribution < 1.29 is 17.7 Å². The average Bonchev–Trinajstić information content (AvgIpc) is 1.85. The Morgan fingerprint density at radius 1 is 1.55 bits per heavy atom. The lowest BCUT2D eigenvalue weighted by Gasteiger charge is -2.20. The van der Waals surface area contributed by atoms with Crippen molar-refractivity contribution in [3.8, 4) is 0 Å². The van der Waals surface area contributed by atoms with Gasteiger partial charge in [0.25, 0.3) is 10.1 Å². The molecule has 1 saturated heterocycles. The Bertz CT molecular complexity index is 203. The lowest BCUT2D eigenvalue weighted by Crippen LogP contribution is -2.24. The van der Waals surface area contributed by atoms with Gasteiger partial charge in [-0.25, -0.2) is 0 Å². The molecule has 1 unspecified atom stereocenters. The van der Waals surface area contributed by atoms with E-state index in [4.69, 9.17) is 9.29 Å². The molecule has 1 atom stereocenters. The zero-order valence-corrected chi connectivity index (χ0v) is 7.01. The molecule has 0 saturated carbocycles. The fraction of sp³-hybridized carbons (Fsp3) is 1.00. The minimum Gasteiger partial charge on any atom is -0.381 e. The molecule has 11 heavy (non-hydrogen) atoms. The third-order valence-corrected chi connectivity index (χ3v) is 2.59. The van der Waals surface area contributed by atoms with Gasteiger partial charge >= 0.3 is 0 Å². The minimum atomic E-state index is -3.80. The summed E-state index contributed by atoms with van der Waals surface area (Å²) in [6.45, 7) is 1.17. The van der Waals surface area contributed by atoms with E-state index in [1.54, 1.807) is 0 Å². The topological polar surface area (TPSA) is 63.6 Å². The molecule has 1 aliphatic rings. The van der Waals surface area contributed by atoms with E-state index < -0.39 is 10.1 Å². The summed E-state index contributed by atoms with van der Waals surface area (Å²) in [5, 5.41) is 0. The Kier molecular flexibility index (Phi) is 2.86. The maximum atomic E-state index is 10.4. The number of hydrogen-bond acceptors (Lipinski definition) is 3. The summed E-state index contributed by atoms with van der Waals surface area (Å²) >= 11 is 0. The molecule has 4 nitrogen and oxygen atoms in total. The average molecular weight is 180 g/mol. The van der Waals surface area contributed by atoms with Gasteiger partial charge in [-0.15, -0.1) is 0 Å². The van der Waals surface area contributed by atoms with Gasteiger partial charge in [0.1, 0.15) is 0 Å². The second-order valence-corrected chi connectivity index (χ2v) is 4.33. The molecular weight excluding hydrogens is 168 g/mol. The van der Waals surface area contributed by atoms with E-state index in [0.29, 0.717) is 13.2 Å². The van der Waals surface area contributed by atoms with Crippen molar-refractivity contribution in [3.05, 3.63) is 0 Å². The van der Waals surface area contributed by atoms with Crippen LogP contribution in [0.15, 0.2) is 0 Å². The van der Waals surface area contributed by atoms with Crippen LogP contribution in [0.3, 0.4) is 0 Å². The van der Waals surface area contributed by atoms with Crippen molar-refractivity contribution in [1.82, 2.24) is 0 Å². The Hall–Kier alpha value is -0.130. The first-order valence-corrected chi connectivity index (χ1v) is 5.22. The smallest absolute Gasteiger partial charge is 0.265 e. The van der Waals surface area contributed by atoms with E-state index in [0.717, 1.165) is 12.8 Å². The molecule has 0 radical (unpaired) electrons. The molecule has 1 aliphatic heterocycles. The molecule has 0 aliphatic carbocycles. The van der Waals surface area contributed by atoms with Crippen LogP contribution in [0.5, 0.6) is 0 Å². The predicted octanol–water partition coefficient (Wildman–Crippen LogP) is 0.301. The normalized spacial score (nSPS) is 26.8. The molecule has 1 N–H and O–H groups in total. The Labute approximate surface area is 66.3 Å². The summed E-state index contributed by atoms with van der Waals surface area (Å²) in [7, 11) is -3.80. The van der Waals surface area contributed by atoms with Crippen LogP contribution in [0, 0.1) is 5.92 Å². The highest BCUT2D eigenvalue weighted by atomic mass is 32.2. The zero-order valence-electron chi connectivity index (χ0n) is 6.19. The fourth-order valence-corrected chi connectivity index (χ4v) is 2.10. The highest BCUT2D eigenvalue weighted by Gasteiger charge is 2.19. The summed E-state index contributed by atoms with van der Waals surface area (Å²) < 4.78 is 34.3. The molecule has 66 valence electrons. The van der Waals surface area contributed by atoms with Crippen molar-refractivity contribution >= 4 is 10.1 Å². The van der Waals surface area contributed by atoms with Crippen LogP contribution in [0.2, 0.25) is 0 Å². The van der Waals surface area contributed by atoms with Gasteiger partial charge in [-0.2, -0.15) is 8.42 Å². The highest BCUT2D eigenvalue weighted by Crippen LogP contribution is 2.14. The van der Waals surface area contributed by atoms with Crippen LogP contribution < -0.4 is 0 Å². The summed E-state index contributed by atoms with van der Waals surface area (Å²) in [6, 6.07) is 0. The molecule has 0 amide bonds. The van der Waals surface area contributed by atoms with Gasteiger partial charge in [-0.3, -0.25) is 4.55 Å². The summed E-state index contributed by atoms with van der Waals surface area (Å²) in [5.74, 6) is -0.175. The number of ether oxygens (including phenoxy) is 1. The van der Waals surface area contributed by atoms with Gasteiger partial charge in [-0.05, 0) is 18.8 Å². The summed E-state index contributed by atoms with van der Waals surface area (Å²) in [4.78, 5) is 0. The summed E-state index contributed by atoms with van der Waals surface area (Å²) in [5.41, 5.74) is 0. The van der Waals surface area contributed by atoms with Crippen LogP contribution in [0.1, 0.15) is 12.8 Å². The van der Waals surface area contributed by atoms with E-state index in [9.17, 15) is 8.42 Å². The minimum absolute atomic E-state index is 0.0150. The van der Waals surface area contributed by atoms with Crippen molar-refractivity contribution in [3.63, 3.8) is 0 Å². The lowest BCUT2D eigenvalue weighted by atomic mass is 10.1. The standard InChI is InChI=1S/C6H12O4S/c7-11(8,9)5-6-2-1-3-10-4-6/h6H,1-5H2,(H,7,8,9). The lowest BCUT2D eigenvalue weighted by molar-refractivity contribution is 0.0621. The third-order valence-electron chi connectivity index (χ3n) is 1.70. The highest BCUT2D eigenvalue weighted by molar-refractivity contribution is 7.85. The second kappa shape index (κ2) is 3.51. The van der Waals surface area contributed by atoms with E-state index in [-0.39, 0.29) is 11.7 Å². The second-order valence-electron chi connectivity index (χ2n) is 2.83. The predicted molar refractivity (Wildman–Crippen MR) is 40.0 cm³/mol. The number of hydrogen-bond donors (Lipinski definition) is 1. The van der Waals surface area contributed by atoms with Gasteiger partial charge in [0, 0.05) is 6.61 Å². The largest absolute Gasteiger partial charge is 0.381 e. The molecule has 5 heteroatoms. The molecule has 1 heterocycles. The monoisotopic (exact) mass is 180 g/mol. The van der Waals surface area contributed by atoms with Crippen LogP contribution in [-0.2, 0) is 14.9 Å². The van der Waals surface area contributed by atoms with Gasteiger partial charge in [0.2, 0.25) is 0 Å². The van der Waals surface area contributed by atoms with E-state index >= 15 is 0 Å². The van der Waals surface area contributed by atoms with E-state index in [2.05, 4.69) is 0 Å². The molecule has 0 bridgehead atoms. The molecule has 0 aromatic carbocycles. The molecular formula is C6H12O4S. The first kappa shape index (κ1) is 8.96. The van der Waals surface area contributed by atoms with Gasteiger partial charge in [0.05, 0.1) is 12.4 Å². The van der Waals surface area contributed by atoms with Crippen molar-refractivity contribution in [2.75, 3.05) is 19.0 Å². The van der Waals surface area contributed by atoms with Crippen LogP contribution in [-0.4, -0.2) is 31.9 Å². The van der Waals surface area contributed by atoms with Crippen molar-refractivity contribution in [1.29, 1.82) is 0 Å². The molecule has 1 fully saturated rings. The van der Waals surface area contributed by atoms with Crippen LogP contribution in [0.4, 0.5) is 0 Å². The van der Waals surface area contributed by atoms with E-state index in [1.165, 1.54) is 0 Å². The fourth-order valence-electron chi connectivity index (χ4n) is 1.24. The Morgan fingerprint density at radius 3 is 2.73 bits per heavy atom. The van der Waals surface area contributed by atoms with Crippen LogP contribution >= 0.6 is 0 Å². The quantitative estimate of drug-likeness (QED) is 0.621. The molecule has 0 aromatic heterocycles. The molecule has 1 rings (SSSR count). The maximum absolute atomic E-state index is 10.4. The van der Waals surface area contributed by atoms with Crippen LogP contribution in [0.25, 0.3) is 0 Å². The zero-order chi connectivity index (χ0) is 8.32. The van der Waals surface area contributed by atoms with Gasteiger partial charge < -0.3 is 4.74 Å². The molecule has 0 aromatic rings. The van der Waals surface area contributed by atoms with Crippen molar-refractivity contribution in [2.24, 2.45) is 5.92 Å². The Morgan fingerprint density at radius 2 is 2.27 bits per heavy atom.